The van der Waals surface area contributed by atoms with Crippen LogP contribution in [0, 0.1) is 0 Å². The number of rotatable bonds is 6. The van der Waals surface area contributed by atoms with E-state index in [2.05, 4.69) is 6.92 Å². The quantitative estimate of drug-likeness (QED) is 0.789. The molecule has 0 heterocycles. The number of benzene rings is 1. The number of aliphatic carboxylic acids is 1. The average Bonchev–Trinajstić information content (AvgIpc) is 2.36. The van der Waals surface area contributed by atoms with Crippen LogP contribution in [0.1, 0.15) is 24.5 Å². The molecule has 0 spiro atoms. The summed E-state index contributed by atoms with van der Waals surface area (Å²) in [6.07, 6.45) is 4.47. The van der Waals surface area contributed by atoms with E-state index in [0.29, 0.717) is 11.3 Å². The maximum atomic E-state index is 10.5. The molecule has 4 heteroatoms. The van der Waals surface area contributed by atoms with Crippen molar-refractivity contribution in [2.75, 3.05) is 14.2 Å². The molecule has 0 aliphatic carbocycles. The molecule has 0 fully saturated rings. The molecule has 0 amide bonds. The minimum Gasteiger partial charge on any atom is -0.496 e. The molecule has 0 atom stereocenters. The van der Waals surface area contributed by atoms with Gasteiger partial charge in [0.2, 0.25) is 0 Å². The largest absolute Gasteiger partial charge is 0.496 e. The zero-order valence-electron chi connectivity index (χ0n) is 10.9. The lowest BCUT2D eigenvalue weighted by Gasteiger charge is -2.12. The smallest absolute Gasteiger partial charge is 0.328 e. The Kier molecular flexibility index (Phi) is 5.24. The van der Waals surface area contributed by atoms with Gasteiger partial charge < -0.3 is 14.6 Å². The number of carboxylic acids is 1. The monoisotopic (exact) mass is 250 g/mol. The van der Waals surface area contributed by atoms with Crippen molar-refractivity contribution >= 4 is 12.0 Å². The summed E-state index contributed by atoms with van der Waals surface area (Å²) < 4.78 is 10.6. The number of hydrogen-bond acceptors (Lipinski definition) is 3. The third kappa shape index (κ3) is 3.52. The Bertz CT molecular complexity index is 449. The van der Waals surface area contributed by atoms with Crippen LogP contribution in [0.25, 0.3) is 6.08 Å². The second-order valence-electron chi connectivity index (χ2n) is 3.83. The summed E-state index contributed by atoms with van der Waals surface area (Å²) in [6.45, 7) is 2.09. The Labute approximate surface area is 107 Å². The highest BCUT2D eigenvalue weighted by Crippen LogP contribution is 2.30. The van der Waals surface area contributed by atoms with Crippen molar-refractivity contribution in [3.63, 3.8) is 0 Å². The summed E-state index contributed by atoms with van der Waals surface area (Å²) in [4.78, 5) is 10.5. The van der Waals surface area contributed by atoms with E-state index < -0.39 is 5.97 Å². The lowest BCUT2D eigenvalue weighted by atomic mass is 10.0. The molecule has 1 rings (SSSR count). The minimum absolute atomic E-state index is 0.650. The van der Waals surface area contributed by atoms with Crippen molar-refractivity contribution in [1.82, 2.24) is 0 Å². The molecule has 1 aromatic carbocycles. The second-order valence-corrected chi connectivity index (χ2v) is 3.83. The number of aryl methyl sites for hydroxylation is 1. The van der Waals surface area contributed by atoms with Crippen LogP contribution in [0.2, 0.25) is 0 Å². The predicted octanol–water partition coefficient (Wildman–Crippen LogP) is 2.75. The first-order valence-corrected chi connectivity index (χ1v) is 5.78. The van der Waals surface area contributed by atoms with Gasteiger partial charge in [0.15, 0.2) is 0 Å². The van der Waals surface area contributed by atoms with E-state index in [1.807, 2.05) is 6.07 Å². The molecule has 0 saturated carbocycles. The normalized spacial score (nSPS) is 10.6. The zero-order chi connectivity index (χ0) is 13.5. The molecule has 18 heavy (non-hydrogen) atoms. The van der Waals surface area contributed by atoms with Crippen molar-refractivity contribution in [2.24, 2.45) is 0 Å². The first kappa shape index (κ1) is 14.1. The van der Waals surface area contributed by atoms with Crippen LogP contribution in [-0.4, -0.2) is 25.3 Å². The van der Waals surface area contributed by atoms with Crippen LogP contribution in [0.3, 0.4) is 0 Å². The van der Waals surface area contributed by atoms with Crippen LogP contribution in [0.15, 0.2) is 18.2 Å². The number of carboxylic acid groups (broad SMARTS) is 1. The summed E-state index contributed by atoms with van der Waals surface area (Å²) in [5.41, 5.74) is 1.75. The molecule has 1 aromatic rings. The van der Waals surface area contributed by atoms with Crippen LogP contribution in [0.4, 0.5) is 0 Å². The van der Waals surface area contributed by atoms with Gasteiger partial charge in [-0.25, -0.2) is 4.79 Å². The maximum absolute atomic E-state index is 10.5. The molecule has 98 valence electrons. The Morgan fingerprint density at radius 3 is 2.44 bits per heavy atom. The van der Waals surface area contributed by atoms with Crippen LogP contribution in [0.5, 0.6) is 11.5 Å². The first-order chi connectivity index (χ1) is 8.62. The summed E-state index contributed by atoms with van der Waals surface area (Å²) in [7, 11) is 3.17. The number of hydrogen-bond donors (Lipinski definition) is 1. The molecule has 0 saturated heterocycles. The lowest BCUT2D eigenvalue weighted by Crippen LogP contribution is -1.96. The SMILES string of the molecule is CCCc1cc(OC)c(/C=C/C(=O)O)cc1OC. The van der Waals surface area contributed by atoms with E-state index in [1.165, 1.54) is 6.08 Å². The Morgan fingerprint density at radius 2 is 1.94 bits per heavy atom. The van der Waals surface area contributed by atoms with Gasteiger partial charge in [-0.05, 0) is 30.2 Å². The van der Waals surface area contributed by atoms with Crippen LogP contribution < -0.4 is 9.47 Å². The van der Waals surface area contributed by atoms with Gasteiger partial charge in [-0.15, -0.1) is 0 Å². The highest BCUT2D eigenvalue weighted by molar-refractivity contribution is 5.86. The van der Waals surface area contributed by atoms with Gasteiger partial charge in [-0.1, -0.05) is 13.3 Å². The highest BCUT2D eigenvalue weighted by Gasteiger charge is 2.09. The summed E-state index contributed by atoms with van der Waals surface area (Å²) in [5, 5.41) is 8.64. The number of methoxy groups -OCH3 is 2. The molecule has 0 aromatic heterocycles. The third-order valence-corrected chi connectivity index (χ3v) is 2.56. The molecule has 0 aliphatic heterocycles. The van der Waals surface area contributed by atoms with Crippen molar-refractivity contribution in [3.05, 3.63) is 29.3 Å². The summed E-state index contributed by atoms with van der Waals surface area (Å²) in [5.74, 6) is 0.410. The highest BCUT2D eigenvalue weighted by atomic mass is 16.5. The topological polar surface area (TPSA) is 55.8 Å². The molecule has 0 radical (unpaired) electrons. The Morgan fingerprint density at radius 1 is 1.28 bits per heavy atom. The van der Waals surface area contributed by atoms with E-state index in [4.69, 9.17) is 14.6 Å². The van der Waals surface area contributed by atoms with Gasteiger partial charge in [0, 0.05) is 11.6 Å². The van der Waals surface area contributed by atoms with E-state index in [0.717, 1.165) is 30.2 Å². The van der Waals surface area contributed by atoms with Gasteiger partial charge in [0.05, 0.1) is 14.2 Å². The molecule has 0 aliphatic rings. The second kappa shape index (κ2) is 6.69. The minimum atomic E-state index is -0.992. The fraction of sp³-hybridized carbons (Fsp3) is 0.357. The van der Waals surface area contributed by atoms with Gasteiger partial charge in [-0.3, -0.25) is 0 Å². The molecule has 4 nitrogen and oxygen atoms in total. The fourth-order valence-electron chi connectivity index (χ4n) is 1.74. The van der Waals surface area contributed by atoms with Gasteiger partial charge in [0.1, 0.15) is 11.5 Å². The van der Waals surface area contributed by atoms with Crippen molar-refractivity contribution in [1.29, 1.82) is 0 Å². The fourth-order valence-corrected chi connectivity index (χ4v) is 1.74. The molecule has 0 unspecified atom stereocenters. The zero-order valence-corrected chi connectivity index (χ0v) is 10.9. The van der Waals surface area contributed by atoms with Gasteiger partial charge in [-0.2, -0.15) is 0 Å². The van der Waals surface area contributed by atoms with E-state index in [9.17, 15) is 4.79 Å². The van der Waals surface area contributed by atoms with Gasteiger partial charge >= 0.3 is 5.97 Å². The average molecular weight is 250 g/mol. The summed E-state index contributed by atoms with van der Waals surface area (Å²) in [6, 6.07) is 3.69. The van der Waals surface area contributed by atoms with E-state index >= 15 is 0 Å². The first-order valence-electron chi connectivity index (χ1n) is 5.78. The number of ether oxygens (including phenoxy) is 2. The Balaban J connectivity index is 3.21. The van der Waals surface area contributed by atoms with Crippen molar-refractivity contribution < 1.29 is 19.4 Å². The molecule has 1 N–H and O–H groups in total. The Hall–Kier alpha value is -1.97. The molecular weight excluding hydrogens is 232 g/mol. The molecule has 0 bridgehead atoms. The standard InChI is InChI=1S/C14H18O4/c1-4-5-10-8-13(18-3)11(6-7-14(15)16)9-12(10)17-2/h6-9H,4-5H2,1-3H3,(H,15,16)/b7-6+. The van der Waals surface area contributed by atoms with E-state index in [1.54, 1.807) is 20.3 Å². The van der Waals surface area contributed by atoms with Crippen molar-refractivity contribution in [2.45, 2.75) is 19.8 Å². The predicted molar refractivity (Wildman–Crippen MR) is 70.2 cm³/mol. The number of carbonyl (C=O) groups is 1. The van der Waals surface area contributed by atoms with Crippen LogP contribution in [-0.2, 0) is 11.2 Å². The third-order valence-electron chi connectivity index (χ3n) is 2.56. The summed E-state index contributed by atoms with van der Waals surface area (Å²) >= 11 is 0. The van der Waals surface area contributed by atoms with Crippen LogP contribution >= 0.6 is 0 Å². The van der Waals surface area contributed by atoms with Crippen molar-refractivity contribution in [3.8, 4) is 11.5 Å². The van der Waals surface area contributed by atoms with E-state index in [-0.39, 0.29) is 0 Å². The maximum Gasteiger partial charge on any atom is 0.328 e. The lowest BCUT2D eigenvalue weighted by molar-refractivity contribution is -0.131. The molecular formula is C14H18O4. The van der Waals surface area contributed by atoms with Gasteiger partial charge in [0.25, 0.3) is 0 Å².